The number of carbonyl (C=O) groups is 1. The molecule has 0 atom stereocenters. The fourth-order valence-electron chi connectivity index (χ4n) is 2.03. The number of hydrogen-bond donors (Lipinski definition) is 0. The molecule has 0 saturated heterocycles. The second-order valence-corrected chi connectivity index (χ2v) is 5.66. The highest BCUT2D eigenvalue weighted by atomic mass is 16.5. The molecule has 0 aromatic rings. The number of esters is 1. The van der Waals surface area contributed by atoms with Gasteiger partial charge in [-0.15, -0.1) is 0 Å². The van der Waals surface area contributed by atoms with E-state index < -0.39 is 0 Å². The van der Waals surface area contributed by atoms with Crippen LogP contribution in [0.5, 0.6) is 0 Å². The van der Waals surface area contributed by atoms with Gasteiger partial charge in [-0.05, 0) is 33.6 Å². The van der Waals surface area contributed by atoms with Gasteiger partial charge < -0.3 is 4.74 Å². The summed E-state index contributed by atoms with van der Waals surface area (Å²) in [4.78, 5) is 11.4. The van der Waals surface area contributed by atoms with Gasteiger partial charge in [-0.1, -0.05) is 57.1 Å². The Morgan fingerprint density at radius 2 is 1.63 bits per heavy atom. The summed E-state index contributed by atoms with van der Waals surface area (Å²) < 4.78 is 5.10. The molecule has 0 aliphatic carbocycles. The highest BCUT2D eigenvalue weighted by Crippen LogP contribution is 2.12. The van der Waals surface area contributed by atoms with Gasteiger partial charge in [0.1, 0.15) is 0 Å². The minimum Gasteiger partial charge on any atom is -0.463 e. The summed E-state index contributed by atoms with van der Waals surface area (Å²) in [5.41, 5.74) is 1.31. The van der Waals surface area contributed by atoms with E-state index in [-0.39, 0.29) is 12.1 Å². The van der Waals surface area contributed by atoms with Crippen LogP contribution in [0.4, 0.5) is 0 Å². The first-order valence-corrected chi connectivity index (χ1v) is 7.91. The van der Waals surface area contributed by atoms with Crippen LogP contribution in [0.25, 0.3) is 0 Å². The van der Waals surface area contributed by atoms with Crippen molar-refractivity contribution in [1.82, 2.24) is 0 Å². The molecule has 0 spiro atoms. The van der Waals surface area contributed by atoms with E-state index >= 15 is 0 Å². The molecule has 0 amide bonds. The standard InChI is InChI=1S/C17H32O2/c1-5-6-7-8-9-10-11-12-16(4)13-14-17(18)19-15(2)3/h13,15H,5-12,14H2,1-4H3. The van der Waals surface area contributed by atoms with Crippen LogP contribution in [0.3, 0.4) is 0 Å². The highest BCUT2D eigenvalue weighted by molar-refractivity contribution is 5.71. The van der Waals surface area contributed by atoms with E-state index in [0.29, 0.717) is 6.42 Å². The first kappa shape index (κ1) is 18.2. The van der Waals surface area contributed by atoms with Crippen LogP contribution in [0, 0.1) is 0 Å². The molecule has 2 heteroatoms. The lowest BCUT2D eigenvalue weighted by molar-refractivity contribution is -0.146. The third-order valence-electron chi connectivity index (χ3n) is 3.16. The smallest absolute Gasteiger partial charge is 0.309 e. The molecule has 19 heavy (non-hydrogen) atoms. The van der Waals surface area contributed by atoms with Crippen molar-refractivity contribution in [1.29, 1.82) is 0 Å². The van der Waals surface area contributed by atoms with E-state index in [2.05, 4.69) is 13.8 Å². The molecule has 0 rings (SSSR count). The van der Waals surface area contributed by atoms with E-state index in [4.69, 9.17) is 4.74 Å². The summed E-state index contributed by atoms with van der Waals surface area (Å²) >= 11 is 0. The Morgan fingerprint density at radius 3 is 2.21 bits per heavy atom. The zero-order valence-electron chi connectivity index (χ0n) is 13.3. The molecule has 0 aliphatic rings. The quantitative estimate of drug-likeness (QED) is 0.284. The zero-order chi connectivity index (χ0) is 14.5. The van der Waals surface area contributed by atoms with Crippen LogP contribution < -0.4 is 0 Å². The molecule has 0 aliphatic heterocycles. The van der Waals surface area contributed by atoms with Crippen LogP contribution in [0.2, 0.25) is 0 Å². The van der Waals surface area contributed by atoms with Crippen molar-refractivity contribution in [2.75, 3.05) is 0 Å². The van der Waals surface area contributed by atoms with Crippen molar-refractivity contribution in [3.8, 4) is 0 Å². The summed E-state index contributed by atoms with van der Waals surface area (Å²) in [5, 5.41) is 0. The molecule has 0 saturated carbocycles. The number of unbranched alkanes of at least 4 members (excludes halogenated alkanes) is 6. The van der Waals surface area contributed by atoms with Crippen molar-refractivity contribution >= 4 is 5.97 Å². The number of allylic oxidation sites excluding steroid dienone is 1. The number of hydrogen-bond acceptors (Lipinski definition) is 2. The summed E-state index contributed by atoms with van der Waals surface area (Å²) in [6.45, 7) is 8.12. The van der Waals surface area contributed by atoms with Crippen molar-refractivity contribution in [2.45, 2.75) is 91.6 Å². The average molecular weight is 268 g/mol. The van der Waals surface area contributed by atoms with E-state index in [0.717, 1.165) is 6.42 Å². The molecule has 0 aromatic heterocycles. The summed E-state index contributed by atoms with van der Waals surface area (Å²) in [7, 11) is 0. The van der Waals surface area contributed by atoms with Crippen LogP contribution >= 0.6 is 0 Å². The minimum absolute atomic E-state index is 0.00988. The maximum Gasteiger partial charge on any atom is 0.309 e. The molecular formula is C17H32O2. The predicted octanol–water partition coefficient (Wildman–Crippen LogP) is 5.42. The predicted molar refractivity (Wildman–Crippen MR) is 82.2 cm³/mol. The average Bonchev–Trinajstić information content (AvgIpc) is 2.34. The topological polar surface area (TPSA) is 26.3 Å². The Labute approximate surface area is 119 Å². The Bertz CT molecular complexity index is 254. The molecule has 0 fully saturated rings. The fraction of sp³-hybridized carbons (Fsp3) is 0.824. The van der Waals surface area contributed by atoms with Crippen molar-refractivity contribution in [3.05, 3.63) is 11.6 Å². The SMILES string of the molecule is CCCCCCCCCC(C)=CCC(=O)OC(C)C. The number of carbonyl (C=O) groups excluding carboxylic acids is 1. The first-order valence-electron chi connectivity index (χ1n) is 7.91. The van der Waals surface area contributed by atoms with E-state index in [1.165, 1.54) is 50.5 Å². The second-order valence-electron chi connectivity index (χ2n) is 5.66. The molecule has 0 aromatic carbocycles. The van der Waals surface area contributed by atoms with Crippen molar-refractivity contribution in [2.24, 2.45) is 0 Å². The first-order chi connectivity index (χ1) is 9.06. The molecular weight excluding hydrogens is 236 g/mol. The molecule has 0 unspecified atom stereocenters. The lowest BCUT2D eigenvalue weighted by Gasteiger charge is -2.06. The van der Waals surface area contributed by atoms with Gasteiger partial charge in [0, 0.05) is 0 Å². The van der Waals surface area contributed by atoms with Crippen molar-refractivity contribution in [3.63, 3.8) is 0 Å². The van der Waals surface area contributed by atoms with Crippen LogP contribution in [0.1, 0.15) is 85.5 Å². The van der Waals surface area contributed by atoms with Crippen LogP contribution in [0.15, 0.2) is 11.6 Å². The lowest BCUT2D eigenvalue weighted by Crippen LogP contribution is -2.10. The zero-order valence-corrected chi connectivity index (χ0v) is 13.3. The Morgan fingerprint density at radius 1 is 1.05 bits per heavy atom. The maximum absolute atomic E-state index is 11.4. The normalized spacial score (nSPS) is 11.9. The minimum atomic E-state index is -0.117. The van der Waals surface area contributed by atoms with Gasteiger partial charge in [0.15, 0.2) is 0 Å². The summed E-state index contributed by atoms with van der Waals surface area (Å²) in [6, 6.07) is 0. The largest absolute Gasteiger partial charge is 0.463 e. The van der Waals surface area contributed by atoms with Gasteiger partial charge in [0.25, 0.3) is 0 Å². The van der Waals surface area contributed by atoms with Gasteiger partial charge in [-0.3, -0.25) is 4.79 Å². The summed E-state index contributed by atoms with van der Waals surface area (Å²) in [5.74, 6) is -0.117. The van der Waals surface area contributed by atoms with Gasteiger partial charge >= 0.3 is 5.97 Å². The van der Waals surface area contributed by atoms with Crippen molar-refractivity contribution < 1.29 is 9.53 Å². The highest BCUT2D eigenvalue weighted by Gasteiger charge is 2.03. The molecule has 2 nitrogen and oxygen atoms in total. The third-order valence-corrected chi connectivity index (χ3v) is 3.16. The van der Waals surface area contributed by atoms with E-state index in [1.807, 2.05) is 19.9 Å². The van der Waals surface area contributed by atoms with E-state index in [9.17, 15) is 4.79 Å². The van der Waals surface area contributed by atoms with Gasteiger partial charge in [-0.25, -0.2) is 0 Å². The van der Waals surface area contributed by atoms with Gasteiger partial charge in [0.05, 0.1) is 12.5 Å². The third kappa shape index (κ3) is 13.4. The number of ether oxygens (including phenoxy) is 1. The molecule has 0 radical (unpaired) electrons. The molecule has 0 N–H and O–H groups in total. The Kier molecular flexibility index (Phi) is 11.7. The Hall–Kier alpha value is -0.790. The molecule has 112 valence electrons. The molecule has 0 heterocycles. The van der Waals surface area contributed by atoms with E-state index in [1.54, 1.807) is 0 Å². The van der Waals surface area contributed by atoms with Crippen LogP contribution in [-0.4, -0.2) is 12.1 Å². The van der Waals surface area contributed by atoms with Gasteiger partial charge in [0.2, 0.25) is 0 Å². The van der Waals surface area contributed by atoms with Crippen LogP contribution in [-0.2, 0) is 9.53 Å². The lowest BCUT2D eigenvalue weighted by atomic mass is 10.0. The maximum atomic E-state index is 11.4. The van der Waals surface area contributed by atoms with Gasteiger partial charge in [-0.2, -0.15) is 0 Å². The Balaban J connectivity index is 3.51. The monoisotopic (exact) mass is 268 g/mol. The molecule has 0 bridgehead atoms. The number of rotatable bonds is 11. The fourth-order valence-corrected chi connectivity index (χ4v) is 2.03. The summed E-state index contributed by atoms with van der Waals surface area (Å²) in [6.07, 6.45) is 12.9. The second kappa shape index (κ2) is 12.3.